The molecule has 0 saturated heterocycles. The summed E-state index contributed by atoms with van der Waals surface area (Å²) in [5.41, 5.74) is 3.70. The van der Waals surface area contributed by atoms with Crippen molar-refractivity contribution in [1.82, 2.24) is 9.78 Å². The van der Waals surface area contributed by atoms with E-state index in [0.717, 1.165) is 25.0 Å². The molecule has 0 aliphatic heterocycles. The monoisotopic (exact) mass is 250 g/mol. The predicted octanol–water partition coefficient (Wildman–Crippen LogP) is 3.31. The molecule has 1 N–H and O–H groups in total. The van der Waals surface area contributed by atoms with Gasteiger partial charge < -0.3 is 5.11 Å². The Kier molecular flexibility index (Phi) is 4.10. The molecular formula is C15H26N2O. The molecule has 3 atom stereocenters. The number of aliphatic hydroxyl groups excluding tert-OH is 1. The minimum Gasteiger partial charge on any atom is -0.393 e. The minimum absolute atomic E-state index is 0.146. The molecule has 3 heteroatoms. The van der Waals surface area contributed by atoms with Crippen molar-refractivity contribution in [2.24, 2.45) is 5.92 Å². The second kappa shape index (κ2) is 5.43. The van der Waals surface area contributed by atoms with Crippen molar-refractivity contribution in [3.63, 3.8) is 0 Å². The van der Waals surface area contributed by atoms with Crippen molar-refractivity contribution in [2.75, 3.05) is 0 Å². The molecule has 3 unspecified atom stereocenters. The SMILES string of the molecule is CCCC1CCC(O)CC1n1nc(C)c(C)c1C. The largest absolute Gasteiger partial charge is 0.393 e. The Bertz CT molecular complexity index is 411. The maximum atomic E-state index is 9.95. The predicted molar refractivity (Wildman–Crippen MR) is 73.7 cm³/mol. The quantitative estimate of drug-likeness (QED) is 0.893. The first-order valence-corrected chi connectivity index (χ1v) is 7.25. The van der Waals surface area contributed by atoms with Crippen molar-refractivity contribution in [1.29, 1.82) is 0 Å². The lowest BCUT2D eigenvalue weighted by Crippen LogP contribution is -2.31. The number of aryl methyl sites for hydroxylation is 1. The van der Waals surface area contributed by atoms with Gasteiger partial charge in [0.05, 0.1) is 17.8 Å². The van der Waals surface area contributed by atoms with Crippen LogP contribution in [-0.2, 0) is 0 Å². The third kappa shape index (κ3) is 2.46. The van der Waals surface area contributed by atoms with Crippen molar-refractivity contribution >= 4 is 0 Å². The molecule has 0 radical (unpaired) electrons. The number of rotatable bonds is 3. The van der Waals surface area contributed by atoms with Gasteiger partial charge in [-0.15, -0.1) is 0 Å². The van der Waals surface area contributed by atoms with Gasteiger partial charge in [-0.2, -0.15) is 5.10 Å². The van der Waals surface area contributed by atoms with E-state index in [1.165, 1.54) is 24.1 Å². The van der Waals surface area contributed by atoms with E-state index >= 15 is 0 Å². The smallest absolute Gasteiger partial charge is 0.0625 e. The van der Waals surface area contributed by atoms with E-state index in [1.807, 2.05) is 0 Å². The first-order chi connectivity index (χ1) is 8.54. The molecule has 1 aromatic heterocycles. The van der Waals surface area contributed by atoms with Gasteiger partial charge in [0.1, 0.15) is 0 Å². The summed E-state index contributed by atoms with van der Waals surface area (Å²) in [4.78, 5) is 0. The zero-order valence-electron chi connectivity index (χ0n) is 12.1. The van der Waals surface area contributed by atoms with Crippen molar-refractivity contribution in [3.8, 4) is 0 Å². The summed E-state index contributed by atoms with van der Waals surface area (Å²) in [5.74, 6) is 0.677. The molecule has 1 saturated carbocycles. The summed E-state index contributed by atoms with van der Waals surface area (Å²) in [6, 6.07) is 0.390. The molecule has 1 aliphatic rings. The lowest BCUT2D eigenvalue weighted by molar-refractivity contribution is 0.0640. The fraction of sp³-hybridized carbons (Fsp3) is 0.800. The lowest BCUT2D eigenvalue weighted by Gasteiger charge is -2.35. The zero-order chi connectivity index (χ0) is 13.3. The van der Waals surface area contributed by atoms with Crippen LogP contribution in [0.3, 0.4) is 0 Å². The van der Waals surface area contributed by atoms with Crippen LogP contribution in [0, 0.1) is 26.7 Å². The van der Waals surface area contributed by atoms with Crippen LogP contribution in [0.2, 0.25) is 0 Å². The van der Waals surface area contributed by atoms with Gasteiger partial charge in [0, 0.05) is 5.69 Å². The van der Waals surface area contributed by atoms with E-state index < -0.39 is 0 Å². The molecule has 102 valence electrons. The van der Waals surface area contributed by atoms with Crippen LogP contribution in [-0.4, -0.2) is 21.0 Å². The highest BCUT2D eigenvalue weighted by Gasteiger charge is 2.32. The molecule has 3 nitrogen and oxygen atoms in total. The van der Waals surface area contributed by atoms with Crippen LogP contribution in [0.1, 0.15) is 62.0 Å². The first-order valence-electron chi connectivity index (χ1n) is 7.25. The van der Waals surface area contributed by atoms with E-state index in [2.05, 4.69) is 32.4 Å². The van der Waals surface area contributed by atoms with Gasteiger partial charge in [-0.05, 0) is 57.9 Å². The van der Waals surface area contributed by atoms with E-state index in [9.17, 15) is 5.11 Å². The highest BCUT2D eigenvalue weighted by molar-refractivity contribution is 5.23. The Morgan fingerprint density at radius 3 is 2.56 bits per heavy atom. The Hall–Kier alpha value is -0.830. The van der Waals surface area contributed by atoms with E-state index in [1.54, 1.807) is 0 Å². The van der Waals surface area contributed by atoms with E-state index in [0.29, 0.717) is 12.0 Å². The van der Waals surface area contributed by atoms with Gasteiger partial charge in [-0.25, -0.2) is 0 Å². The molecule has 0 spiro atoms. The van der Waals surface area contributed by atoms with Crippen molar-refractivity contribution < 1.29 is 5.11 Å². The van der Waals surface area contributed by atoms with Crippen LogP contribution in [0.5, 0.6) is 0 Å². The molecule has 0 bridgehead atoms. The molecule has 2 rings (SSSR count). The van der Waals surface area contributed by atoms with Crippen LogP contribution >= 0.6 is 0 Å². The lowest BCUT2D eigenvalue weighted by atomic mass is 9.80. The van der Waals surface area contributed by atoms with Crippen LogP contribution in [0.15, 0.2) is 0 Å². The molecule has 1 fully saturated rings. The Morgan fingerprint density at radius 2 is 2.00 bits per heavy atom. The molecule has 1 aliphatic carbocycles. The second-order valence-corrected chi connectivity index (χ2v) is 5.82. The fourth-order valence-electron chi connectivity index (χ4n) is 3.26. The third-order valence-corrected chi connectivity index (χ3v) is 4.59. The van der Waals surface area contributed by atoms with Crippen LogP contribution in [0.4, 0.5) is 0 Å². The van der Waals surface area contributed by atoms with Gasteiger partial charge in [-0.1, -0.05) is 13.3 Å². The molecule has 1 heterocycles. The number of aliphatic hydroxyl groups is 1. The van der Waals surface area contributed by atoms with E-state index in [-0.39, 0.29) is 6.10 Å². The standard InChI is InChI=1S/C15H26N2O/c1-5-6-13-7-8-14(18)9-15(13)17-12(4)10(2)11(3)16-17/h13-15,18H,5-9H2,1-4H3. The normalized spacial score (nSPS) is 28.6. The highest BCUT2D eigenvalue weighted by Crippen LogP contribution is 2.37. The average molecular weight is 250 g/mol. The van der Waals surface area contributed by atoms with Gasteiger partial charge in [0.2, 0.25) is 0 Å². The molecule has 0 aromatic carbocycles. The Morgan fingerprint density at radius 1 is 1.28 bits per heavy atom. The second-order valence-electron chi connectivity index (χ2n) is 5.82. The van der Waals surface area contributed by atoms with E-state index in [4.69, 9.17) is 5.10 Å². The maximum Gasteiger partial charge on any atom is 0.0625 e. The van der Waals surface area contributed by atoms with Crippen molar-refractivity contribution in [3.05, 3.63) is 17.0 Å². The topological polar surface area (TPSA) is 38.0 Å². The summed E-state index contributed by atoms with van der Waals surface area (Å²) in [7, 11) is 0. The number of hydrogen-bond acceptors (Lipinski definition) is 2. The molecular weight excluding hydrogens is 224 g/mol. The minimum atomic E-state index is -0.146. The van der Waals surface area contributed by atoms with Gasteiger partial charge >= 0.3 is 0 Å². The van der Waals surface area contributed by atoms with Gasteiger partial charge in [-0.3, -0.25) is 4.68 Å². The molecule has 1 aromatic rings. The number of nitrogens with zero attached hydrogens (tertiary/aromatic N) is 2. The van der Waals surface area contributed by atoms with Gasteiger partial charge in [0.15, 0.2) is 0 Å². The average Bonchev–Trinajstić information content (AvgIpc) is 2.60. The number of aromatic nitrogens is 2. The summed E-state index contributed by atoms with van der Waals surface area (Å²) < 4.78 is 2.19. The Labute approximate surface area is 110 Å². The van der Waals surface area contributed by atoms with Crippen LogP contribution < -0.4 is 0 Å². The van der Waals surface area contributed by atoms with Crippen molar-refractivity contribution in [2.45, 2.75) is 71.9 Å². The summed E-state index contributed by atoms with van der Waals surface area (Å²) in [6.07, 6.45) is 5.28. The molecule has 0 amide bonds. The third-order valence-electron chi connectivity index (χ3n) is 4.59. The highest BCUT2D eigenvalue weighted by atomic mass is 16.3. The first kappa shape index (κ1) is 13.6. The fourth-order valence-corrected chi connectivity index (χ4v) is 3.26. The maximum absolute atomic E-state index is 9.95. The van der Waals surface area contributed by atoms with Crippen LogP contribution in [0.25, 0.3) is 0 Å². The summed E-state index contributed by atoms with van der Waals surface area (Å²) in [5, 5.41) is 14.7. The van der Waals surface area contributed by atoms with Gasteiger partial charge in [0.25, 0.3) is 0 Å². The zero-order valence-corrected chi connectivity index (χ0v) is 12.1. The molecule has 18 heavy (non-hydrogen) atoms. The summed E-state index contributed by atoms with van der Waals surface area (Å²) >= 11 is 0. The number of hydrogen-bond donors (Lipinski definition) is 1. The Balaban J connectivity index is 2.29. The summed E-state index contributed by atoms with van der Waals surface area (Å²) in [6.45, 7) is 8.61.